The molecule has 22 heavy (non-hydrogen) atoms. The maximum absolute atomic E-state index is 12.3. The lowest BCUT2D eigenvalue weighted by Crippen LogP contribution is -2.38. The molecule has 0 atom stereocenters. The Morgan fingerprint density at radius 1 is 1.50 bits per heavy atom. The molecule has 7 nitrogen and oxygen atoms in total. The highest BCUT2D eigenvalue weighted by molar-refractivity contribution is 5.91. The van der Waals surface area contributed by atoms with Crippen molar-refractivity contribution in [2.75, 3.05) is 20.3 Å². The molecule has 1 aliphatic heterocycles. The minimum absolute atomic E-state index is 0.167. The summed E-state index contributed by atoms with van der Waals surface area (Å²) in [6.45, 7) is 1.80. The molecule has 3 rings (SSSR count). The minimum Gasteiger partial charge on any atom is -0.459 e. The summed E-state index contributed by atoms with van der Waals surface area (Å²) in [4.78, 5) is 26.0. The monoisotopic (exact) mass is 303 g/mol. The fourth-order valence-electron chi connectivity index (χ4n) is 2.51. The van der Waals surface area contributed by atoms with E-state index in [4.69, 9.17) is 9.15 Å². The van der Waals surface area contributed by atoms with Gasteiger partial charge in [-0.3, -0.25) is 9.59 Å². The quantitative estimate of drug-likeness (QED) is 0.830. The number of fused-ring (bicyclic) bond motifs is 1. The number of carbonyl (C=O) groups excluding carboxylic acids is 1. The topological polar surface area (TPSA) is 77.6 Å². The fourth-order valence-corrected chi connectivity index (χ4v) is 2.51. The highest BCUT2D eigenvalue weighted by Gasteiger charge is 2.25. The standard InChI is InChI=1S/C15H17N3O4/c1-21-8-6-18-14(19)9-11-10-17(5-4-12(11)16-18)15(20)13-3-2-7-22-13/h2-3,7,9H,4-6,8,10H2,1H3. The van der Waals surface area contributed by atoms with Gasteiger partial charge in [-0.05, 0) is 12.1 Å². The van der Waals surface area contributed by atoms with Crippen LogP contribution in [0.2, 0.25) is 0 Å². The van der Waals surface area contributed by atoms with Gasteiger partial charge in [0, 0.05) is 38.2 Å². The third kappa shape index (κ3) is 2.80. The number of rotatable bonds is 4. The molecule has 0 unspecified atom stereocenters. The number of amides is 1. The second kappa shape index (κ2) is 6.15. The Bertz CT molecular complexity index is 721. The van der Waals surface area contributed by atoms with Crippen molar-refractivity contribution in [2.24, 2.45) is 0 Å². The van der Waals surface area contributed by atoms with E-state index >= 15 is 0 Å². The van der Waals surface area contributed by atoms with Gasteiger partial charge in [-0.2, -0.15) is 5.10 Å². The predicted molar refractivity (Wildman–Crippen MR) is 77.5 cm³/mol. The second-order valence-corrected chi connectivity index (χ2v) is 5.12. The van der Waals surface area contributed by atoms with Gasteiger partial charge in [0.1, 0.15) is 0 Å². The number of nitrogens with zero attached hydrogens (tertiary/aromatic N) is 3. The van der Waals surface area contributed by atoms with Crippen LogP contribution in [-0.4, -0.2) is 40.8 Å². The number of ether oxygens (including phenoxy) is 1. The van der Waals surface area contributed by atoms with E-state index in [9.17, 15) is 9.59 Å². The molecule has 1 amide bonds. The van der Waals surface area contributed by atoms with Crippen LogP contribution in [-0.2, 0) is 24.2 Å². The normalized spacial score (nSPS) is 14.0. The molecule has 0 spiro atoms. The Hall–Kier alpha value is -2.41. The van der Waals surface area contributed by atoms with E-state index in [0.717, 1.165) is 11.3 Å². The van der Waals surface area contributed by atoms with Crippen molar-refractivity contribution in [1.29, 1.82) is 0 Å². The van der Waals surface area contributed by atoms with E-state index in [1.165, 1.54) is 10.9 Å². The van der Waals surface area contributed by atoms with Gasteiger partial charge in [0.2, 0.25) is 0 Å². The van der Waals surface area contributed by atoms with Gasteiger partial charge >= 0.3 is 0 Å². The smallest absolute Gasteiger partial charge is 0.289 e. The summed E-state index contributed by atoms with van der Waals surface area (Å²) < 4.78 is 11.5. The van der Waals surface area contributed by atoms with E-state index in [1.807, 2.05) is 0 Å². The fraction of sp³-hybridized carbons (Fsp3) is 0.400. The van der Waals surface area contributed by atoms with Crippen LogP contribution in [0.3, 0.4) is 0 Å². The predicted octanol–water partition coefficient (Wildman–Crippen LogP) is 0.681. The molecule has 116 valence electrons. The Labute approximate surface area is 127 Å². The molecule has 7 heteroatoms. The number of hydrogen-bond acceptors (Lipinski definition) is 5. The van der Waals surface area contributed by atoms with Gasteiger partial charge < -0.3 is 14.1 Å². The largest absolute Gasteiger partial charge is 0.459 e. The summed E-state index contributed by atoms with van der Waals surface area (Å²) in [6.07, 6.45) is 2.09. The van der Waals surface area contributed by atoms with Crippen LogP contribution in [0.15, 0.2) is 33.7 Å². The van der Waals surface area contributed by atoms with Crippen molar-refractivity contribution in [3.05, 3.63) is 51.8 Å². The molecule has 0 aliphatic carbocycles. The third-order valence-electron chi connectivity index (χ3n) is 3.67. The van der Waals surface area contributed by atoms with Crippen molar-refractivity contribution in [3.63, 3.8) is 0 Å². The van der Waals surface area contributed by atoms with Crippen LogP contribution >= 0.6 is 0 Å². The summed E-state index contributed by atoms with van der Waals surface area (Å²) >= 11 is 0. The number of hydrogen-bond donors (Lipinski definition) is 0. The molecule has 0 bridgehead atoms. The molecule has 3 heterocycles. The van der Waals surface area contributed by atoms with Gasteiger partial charge in [0.05, 0.1) is 25.1 Å². The zero-order valence-corrected chi connectivity index (χ0v) is 12.3. The van der Waals surface area contributed by atoms with Crippen LogP contribution in [0.25, 0.3) is 0 Å². The molecule has 0 saturated carbocycles. The van der Waals surface area contributed by atoms with Crippen LogP contribution < -0.4 is 5.56 Å². The zero-order chi connectivity index (χ0) is 15.5. The van der Waals surface area contributed by atoms with Gasteiger partial charge in [-0.15, -0.1) is 0 Å². The molecule has 2 aromatic rings. The van der Waals surface area contributed by atoms with Crippen molar-refractivity contribution < 1.29 is 13.9 Å². The Kier molecular flexibility index (Phi) is 4.06. The number of furan rings is 1. The average molecular weight is 303 g/mol. The molecular formula is C15H17N3O4. The van der Waals surface area contributed by atoms with E-state index in [2.05, 4.69) is 5.10 Å². The first-order chi connectivity index (χ1) is 10.7. The lowest BCUT2D eigenvalue weighted by atomic mass is 10.1. The Balaban J connectivity index is 1.80. The SMILES string of the molecule is COCCn1nc2c(cc1=O)CN(C(=O)c1ccco1)CC2. The van der Waals surface area contributed by atoms with Crippen LogP contribution in [0.1, 0.15) is 21.8 Å². The number of methoxy groups -OCH3 is 1. The van der Waals surface area contributed by atoms with Gasteiger partial charge in [-0.1, -0.05) is 0 Å². The summed E-state index contributed by atoms with van der Waals surface area (Å²) in [5.41, 5.74) is 1.48. The van der Waals surface area contributed by atoms with E-state index in [1.54, 1.807) is 30.2 Å². The average Bonchev–Trinajstić information content (AvgIpc) is 3.06. The van der Waals surface area contributed by atoms with Crippen LogP contribution in [0.4, 0.5) is 0 Å². The van der Waals surface area contributed by atoms with Gasteiger partial charge in [-0.25, -0.2) is 4.68 Å². The van der Waals surface area contributed by atoms with Crippen LogP contribution in [0.5, 0.6) is 0 Å². The van der Waals surface area contributed by atoms with Crippen LogP contribution in [0, 0.1) is 0 Å². The lowest BCUT2D eigenvalue weighted by Gasteiger charge is -2.27. The Morgan fingerprint density at radius 2 is 2.36 bits per heavy atom. The van der Waals surface area contributed by atoms with E-state index < -0.39 is 0 Å². The van der Waals surface area contributed by atoms with Crippen molar-refractivity contribution in [1.82, 2.24) is 14.7 Å². The first kappa shape index (κ1) is 14.5. The molecule has 0 aromatic carbocycles. The Morgan fingerprint density at radius 3 is 3.09 bits per heavy atom. The summed E-state index contributed by atoms with van der Waals surface area (Å²) in [6, 6.07) is 4.87. The highest BCUT2D eigenvalue weighted by atomic mass is 16.5. The first-order valence-electron chi connectivity index (χ1n) is 7.10. The zero-order valence-electron chi connectivity index (χ0n) is 12.3. The third-order valence-corrected chi connectivity index (χ3v) is 3.67. The van der Waals surface area contributed by atoms with Gasteiger partial charge in [0.15, 0.2) is 5.76 Å². The van der Waals surface area contributed by atoms with Crippen molar-refractivity contribution in [3.8, 4) is 0 Å². The maximum atomic E-state index is 12.3. The van der Waals surface area contributed by atoms with Crippen molar-refractivity contribution >= 4 is 5.91 Å². The summed E-state index contributed by atoms with van der Waals surface area (Å²) in [5, 5.41) is 4.37. The molecule has 1 aliphatic rings. The number of carbonyl (C=O) groups is 1. The minimum atomic E-state index is -0.178. The summed E-state index contributed by atoms with van der Waals surface area (Å²) in [5.74, 6) is 0.143. The van der Waals surface area contributed by atoms with E-state index in [-0.39, 0.29) is 11.5 Å². The number of aromatic nitrogens is 2. The molecule has 0 radical (unpaired) electrons. The first-order valence-corrected chi connectivity index (χ1v) is 7.10. The second-order valence-electron chi connectivity index (χ2n) is 5.12. The highest BCUT2D eigenvalue weighted by Crippen LogP contribution is 2.17. The van der Waals surface area contributed by atoms with Crippen molar-refractivity contribution in [2.45, 2.75) is 19.5 Å². The molecule has 0 saturated heterocycles. The molecule has 0 N–H and O–H groups in total. The molecule has 0 fully saturated rings. The molecular weight excluding hydrogens is 286 g/mol. The van der Waals surface area contributed by atoms with E-state index in [0.29, 0.717) is 38.4 Å². The summed E-state index contributed by atoms with van der Waals surface area (Å²) in [7, 11) is 1.58. The van der Waals surface area contributed by atoms with Gasteiger partial charge in [0.25, 0.3) is 11.5 Å². The lowest BCUT2D eigenvalue weighted by molar-refractivity contribution is 0.0700. The molecule has 2 aromatic heterocycles. The maximum Gasteiger partial charge on any atom is 0.289 e.